The Labute approximate surface area is 178 Å². The zero-order chi connectivity index (χ0) is 20.1. The van der Waals surface area contributed by atoms with Crippen molar-refractivity contribution in [3.63, 3.8) is 0 Å². The van der Waals surface area contributed by atoms with Crippen molar-refractivity contribution < 1.29 is 0 Å². The van der Waals surface area contributed by atoms with E-state index in [-0.39, 0.29) is 0 Å². The second-order valence-electron chi connectivity index (χ2n) is 9.90. The fraction of sp³-hybridized carbons (Fsp3) is 0.586. The Morgan fingerprint density at radius 1 is 0.897 bits per heavy atom. The van der Waals surface area contributed by atoms with E-state index in [0.29, 0.717) is 0 Å². The van der Waals surface area contributed by atoms with Crippen LogP contribution in [-0.2, 0) is 6.42 Å². The Morgan fingerprint density at radius 3 is 2.55 bits per heavy atom. The zero-order valence-electron chi connectivity index (χ0n) is 18.7. The van der Waals surface area contributed by atoms with E-state index in [9.17, 15) is 0 Å². The van der Waals surface area contributed by atoms with Crippen molar-refractivity contribution in [2.75, 3.05) is 0 Å². The Kier molecular flexibility index (Phi) is 7.11. The fourth-order valence-corrected chi connectivity index (χ4v) is 6.18. The molecule has 2 aromatic carbocycles. The second kappa shape index (κ2) is 9.96. The van der Waals surface area contributed by atoms with Crippen molar-refractivity contribution >= 4 is 10.8 Å². The average Bonchev–Trinajstić information content (AvgIpc) is 2.77. The Morgan fingerprint density at radius 2 is 1.69 bits per heavy atom. The lowest BCUT2D eigenvalue weighted by molar-refractivity contribution is 0.113. The van der Waals surface area contributed by atoms with Crippen LogP contribution in [-0.4, -0.2) is 0 Å². The maximum atomic E-state index is 2.50. The molecular weight excluding hydrogens is 348 g/mol. The van der Waals surface area contributed by atoms with Crippen molar-refractivity contribution in [3.8, 4) is 0 Å². The van der Waals surface area contributed by atoms with E-state index in [1.54, 1.807) is 5.56 Å². The molecule has 0 radical (unpaired) electrons. The van der Waals surface area contributed by atoms with Crippen molar-refractivity contribution in [3.05, 3.63) is 59.7 Å². The first kappa shape index (κ1) is 20.7. The van der Waals surface area contributed by atoms with E-state index >= 15 is 0 Å². The van der Waals surface area contributed by atoms with Crippen LogP contribution in [0.25, 0.3) is 10.8 Å². The Bertz CT molecular complexity index is 814. The van der Waals surface area contributed by atoms with Crippen LogP contribution >= 0.6 is 0 Å². The number of aryl methyl sites for hydroxylation is 1. The van der Waals surface area contributed by atoms with Gasteiger partial charge in [0.05, 0.1) is 0 Å². The lowest BCUT2D eigenvalue weighted by Crippen LogP contribution is -2.30. The molecule has 4 rings (SSSR count). The highest BCUT2D eigenvalue weighted by atomic mass is 14.4. The number of hydrogen-bond acceptors (Lipinski definition) is 0. The van der Waals surface area contributed by atoms with E-state index in [0.717, 1.165) is 36.5 Å². The Hall–Kier alpha value is -1.56. The summed E-state index contributed by atoms with van der Waals surface area (Å²) >= 11 is 0. The molecule has 2 unspecified atom stereocenters. The quantitative estimate of drug-likeness (QED) is 0.415. The third kappa shape index (κ3) is 5.14. The largest absolute Gasteiger partial charge is 0.0917 e. The maximum absolute atomic E-state index is 2.50. The van der Waals surface area contributed by atoms with E-state index in [2.05, 4.69) is 62.4 Å². The van der Waals surface area contributed by atoms with Gasteiger partial charge in [0.15, 0.2) is 0 Å². The van der Waals surface area contributed by atoms with Crippen LogP contribution in [0.2, 0.25) is 0 Å². The number of hydrogen-bond donors (Lipinski definition) is 0. The molecule has 0 bridgehead atoms. The Balaban J connectivity index is 1.39. The highest BCUT2D eigenvalue weighted by Gasteiger charge is 2.35. The molecule has 0 amide bonds. The first-order chi connectivity index (χ1) is 14.3. The second-order valence-corrected chi connectivity index (χ2v) is 9.90. The van der Waals surface area contributed by atoms with Crippen molar-refractivity contribution in [1.82, 2.24) is 0 Å². The highest BCUT2D eigenvalue weighted by molar-refractivity contribution is 5.84. The van der Waals surface area contributed by atoms with E-state index < -0.39 is 0 Å². The van der Waals surface area contributed by atoms with E-state index in [1.807, 2.05) is 0 Å². The van der Waals surface area contributed by atoms with E-state index in [1.165, 1.54) is 74.1 Å². The molecule has 0 aromatic heterocycles. The van der Waals surface area contributed by atoms with Gasteiger partial charge in [0, 0.05) is 0 Å². The molecular formula is C29H40. The van der Waals surface area contributed by atoms with Crippen molar-refractivity contribution in [2.24, 2.45) is 17.8 Å². The molecule has 0 heteroatoms. The molecule has 2 saturated carbocycles. The van der Waals surface area contributed by atoms with Crippen LogP contribution in [0.5, 0.6) is 0 Å². The highest BCUT2D eigenvalue weighted by Crippen LogP contribution is 2.48. The maximum Gasteiger partial charge on any atom is -0.0159 e. The molecule has 0 spiro atoms. The van der Waals surface area contributed by atoms with Crippen LogP contribution in [0.3, 0.4) is 0 Å². The van der Waals surface area contributed by atoms with Crippen molar-refractivity contribution in [2.45, 2.75) is 90.4 Å². The summed E-state index contributed by atoms with van der Waals surface area (Å²) in [7, 11) is 0. The van der Waals surface area contributed by atoms with Gasteiger partial charge in [-0.2, -0.15) is 0 Å². The SMILES string of the molecule is C/C=C/CCc1ccc2cc([C@@H]3CC[C@@H]4CC(CCCC)CCC4C3)ccc2c1. The minimum Gasteiger partial charge on any atom is -0.0917 e. The normalized spacial score (nSPS) is 27.4. The molecule has 0 heterocycles. The lowest BCUT2D eigenvalue weighted by atomic mass is 9.63. The molecule has 156 valence electrons. The first-order valence-corrected chi connectivity index (χ1v) is 12.4. The average molecular weight is 389 g/mol. The number of unbranched alkanes of at least 4 members (excludes halogenated alkanes) is 1. The minimum atomic E-state index is 0.794. The molecule has 0 N–H and O–H groups in total. The van der Waals surface area contributed by atoms with Crippen molar-refractivity contribution in [1.29, 1.82) is 0 Å². The van der Waals surface area contributed by atoms with Gasteiger partial charge in [-0.25, -0.2) is 0 Å². The fourth-order valence-electron chi connectivity index (χ4n) is 6.18. The van der Waals surface area contributed by atoms with E-state index in [4.69, 9.17) is 0 Å². The van der Waals surface area contributed by atoms with Gasteiger partial charge >= 0.3 is 0 Å². The summed E-state index contributed by atoms with van der Waals surface area (Å²) < 4.78 is 0. The van der Waals surface area contributed by atoms with Crippen LogP contribution in [0, 0.1) is 17.8 Å². The van der Waals surface area contributed by atoms with Crippen LogP contribution < -0.4 is 0 Å². The first-order valence-electron chi connectivity index (χ1n) is 12.4. The van der Waals surface area contributed by atoms with Gasteiger partial charge in [0.1, 0.15) is 0 Å². The van der Waals surface area contributed by atoms with Gasteiger partial charge in [0.25, 0.3) is 0 Å². The van der Waals surface area contributed by atoms with Gasteiger partial charge in [-0.05, 0) is 97.4 Å². The predicted molar refractivity (Wildman–Crippen MR) is 128 cm³/mol. The number of fused-ring (bicyclic) bond motifs is 2. The molecule has 2 fully saturated rings. The molecule has 0 nitrogen and oxygen atoms in total. The van der Waals surface area contributed by atoms with Gasteiger partial charge in [0.2, 0.25) is 0 Å². The minimum absolute atomic E-state index is 0.794. The number of benzene rings is 2. The summed E-state index contributed by atoms with van der Waals surface area (Å²) in [6, 6.07) is 14.4. The van der Waals surface area contributed by atoms with Crippen LogP contribution in [0.1, 0.15) is 95.1 Å². The molecule has 2 aromatic rings. The van der Waals surface area contributed by atoms with Gasteiger partial charge in [-0.1, -0.05) is 81.2 Å². The summed E-state index contributed by atoms with van der Waals surface area (Å²) in [4.78, 5) is 0. The molecule has 2 aliphatic rings. The number of allylic oxidation sites excluding steroid dienone is 2. The third-order valence-corrected chi connectivity index (χ3v) is 7.92. The molecule has 29 heavy (non-hydrogen) atoms. The zero-order valence-corrected chi connectivity index (χ0v) is 18.7. The monoisotopic (exact) mass is 388 g/mol. The summed E-state index contributed by atoms with van der Waals surface area (Å²) in [5.74, 6) is 3.86. The summed E-state index contributed by atoms with van der Waals surface area (Å²) in [6.07, 6.45) is 19.9. The molecule has 0 saturated heterocycles. The summed E-state index contributed by atoms with van der Waals surface area (Å²) in [5, 5.41) is 2.85. The molecule has 2 aliphatic carbocycles. The third-order valence-electron chi connectivity index (χ3n) is 7.92. The number of rotatable bonds is 7. The summed E-state index contributed by atoms with van der Waals surface area (Å²) in [5.41, 5.74) is 3.06. The molecule has 0 aliphatic heterocycles. The standard InChI is InChI=1S/C29H40/c1-3-5-7-9-23-11-13-27-21-29(17-15-25(27)19-23)28-16-14-24-18-22(8-6-4-2)10-12-26(24)20-28/h3,5,11,13,15,17,19,21-22,24,26,28H,4,6-10,12,14,16,18,20H2,1-2H3/b5-3+/t22?,24-,26?,28-/m1/s1. The van der Waals surface area contributed by atoms with Gasteiger partial charge in [-0.15, -0.1) is 0 Å². The van der Waals surface area contributed by atoms with Crippen LogP contribution in [0.15, 0.2) is 48.6 Å². The van der Waals surface area contributed by atoms with Gasteiger partial charge in [-0.3, -0.25) is 0 Å². The summed E-state index contributed by atoms with van der Waals surface area (Å²) in [6.45, 7) is 4.44. The van der Waals surface area contributed by atoms with Gasteiger partial charge < -0.3 is 0 Å². The predicted octanol–water partition coefficient (Wildman–Crippen LogP) is 8.84. The lowest BCUT2D eigenvalue weighted by Gasteiger charge is -2.42. The van der Waals surface area contributed by atoms with Crippen LogP contribution in [0.4, 0.5) is 0 Å². The topological polar surface area (TPSA) is 0 Å². The molecule has 4 atom stereocenters. The smallest absolute Gasteiger partial charge is 0.0159 e.